The number of carbonyl (C=O) groups is 2. The summed E-state index contributed by atoms with van der Waals surface area (Å²) in [5, 5.41) is 11.6. The van der Waals surface area contributed by atoms with E-state index in [1.165, 1.54) is 6.92 Å². The number of nitrogens with one attached hydrogen (secondary N) is 2. The van der Waals surface area contributed by atoms with Crippen molar-refractivity contribution in [3.8, 4) is 0 Å². The number of amides is 2. The summed E-state index contributed by atoms with van der Waals surface area (Å²) in [4.78, 5) is 22.8. The maximum Gasteiger partial charge on any atom is 0.408 e. The molecule has 2 atom stereocenters. The molecule has 0 aliphatic carbocycles. The van der Waals surface area contributed by atoms with E-state index in [-0.39, 0.29) is 6.61 Å². The van der Waals surface area contributed by atoms with Gasteiger partial charge in [-0.05, 0) is 12.5 Å². The normalized spacial score (nSPS) is 13.2. The summed E-state index contributed by atoms with van der Waals surface area (Å²) in [7, 11) is 0. The first-order chi connectivity index (χ1) is 9.04. The lowest BCUT2D eigenvalue weighted by atomic mass is 10.2. The Morgan fingerprint density at radius 3 is 2.53 bits per heavy atom. The molecular formula is C12H17N3O4. The Morgan fingerprint density at radius 1 is 1.37 bits per heavy atom. The molecule has 2 amide bonds. The van der Waals surface area contributed by atoms with Crippen LogP contribution >= 0.6 is 0 Å². The highest BCUT2D eigenvalue weighted by atomic mass is 16.5. The van der Waals surface area contributed by atoms with Crippen LogP contribution in [0.2, 0.25) is 0 Å². The van der Waals surface area contributed by atoms with Crippen LogP contribution in [0.3, 0.4) is 0 Å². The van der Waals surface area contributed by atoms with Gasteiger partial charge in [-0.3, -0.25) is 10.2 Å². The highest BCUT2D eigenvalue weighted by molar-refractivity contribution is 5.85. The molecule has 19 heavy (non-hydrogen) atoms. The second-order valence-corrected chi connectivity index (χ2v) is 3.93. The zero-order valence-corrected chi connectivity index (χ0v) is 10.5. The van der Waals surface area contributed by atoms with Crippen molar-refractivity contribution in [2.24, 2.45) is 5.84 Å². The van der Waals surface area contributed by atoms with E-state index in [4.69, 9.17) is 10.6 Å². The van der Waals surface area contributed by atoms with Gasteiger partial charge in [0.25, 0.3) is 5.91 Å². The Morgan fingerprint density at radius 2 is 2.00 bits per heavy atom. The fraction of sp³-hybridized carbons (Fsp3) is 0.333. The largest absolute Gasteiger partial charge is 0.445 e. The van der Waals surface area contributed by atoms with Crippen LogP contribution < -0.4 is 16.6 Å². The Bertz CT molecular complexity index is 422. The average molecular weight is 267 g/mol. The number of nitrogens with two attached hydrogens (primary N) is 1. The molecule has 7 heteroatoms. The van der Waals surface area contributed by atoms with Crippen molar-refractivity contribution in [1.82, 2.24) is 10.7 Å². The molecule has 0 fully saturated rings. The van der Waals surface area contributed by atoms with Crippen LogP contribution in [0.5, 0.6) is 0 Å². The van der Waals surface area contributed by atoms with Gasteiger partial charge in [-0.2, -0.15) is 0 Å². The van der Waals surface area contributed by atoms with E-state index >= 15 is 0 Å². The van der Waals surface area contributed by atoms with Crippen LogP contribution in [0, 0.1) is 0 Å². The number of rotatable bonds is 5. The van der Waals surface area contributed by atoms with Gasteiger partial charge < -0.3 is 15.2 Å². The van der Waals surface area contributed by atoms with Crippen LogP contribution in [-0.4, -0.2) is 29.3 Å². The lowest BCUT2D eigenvalue weighted by molar-refractivity contribution is -0.125. The molecule has 0 aliphatic rings. The van der Waals surface area contributed by atoms with Crippen LogP contribution in [0.15, 0.2) is 30.3 Å². The summed E-state index contributed by atoms with van der Waals surface area (Å²) in [6.45, 7) is 1.43. The zero-order chi connectivity index (χ0) is 14.3. The number of hydrogen-bond donors (Lipinski definition) is 4. The van der Waals surface area contributed by atoms with Crippen LogP contribution in [0.25, 0.3) is 0 Å². The number of benzene rings is 1. The van der Waals surface area contributed by atoms with E-state index in [0.29, 0.717) is 0 Å². The van der Waals surface area contributed by atoms with E-state index in [0.717, 1.165) is 5.56 Å². The van der Waals surface area contributed by atoms with Gasteiger partial charge in [-0.1, -0.05) is 30.3 Å². The van der Waals surface area contributed by atoms with Gasteiger partial charge in [0.2, 0.25) is 0 Å². The first-order valence-corrected chi connectivity index (χ1v) is 5.70. The second-order valence-electron chi connectivity index (χ2n) is 3.93. The maximum absolute atomic E-state index is 11.5. The molecule has 0 heterocycles. The third-order valence-corrected chi connectivity index (χ3v) is 2.39. The topological polar surface area (TPSA) is 114 Å². The van der Waals surface area contributed by atoms with Gasteiger partial charge in [-0.15, -0.1) is 0 Å². The van der Waals surface area contributed by atoms with E-state index in [1.807, 2.05) is 23.6 Å². The fourth-order valence-electron chi connectivity index (χ4n) is 1.39. The van der Waals surface area contributed by atoms with Gasteiger partial charge >= 0.3 is 6.09 Å². The standard InChI is InChI=1S/C12H17N3O4/c1-8(16)10(11(17)15-13)14-12(18)19-7-9-5-3-2-4-6-9/h2-6,8,10,16H,7,13H2,1H3,(H,14,18)(H,15,17)/t8-,10-/m1/s1. The second kappa shape index (κ2) is 7.34. The van der Waals surface area contributed by atoms with Crippen molar-refractivity contribution in [2.45, 2.75) is 25.7 Å². The van der Waals surface area contributed by atoms with Crippen molar-refractivity contribution in [3.63, 3.8) is 0 Å². The molecule has 1 aromatic carbocycles. The van der Waals surface area contributed by atoms with Crippen molar-refractivity contribution < 1.29 is 19.4 Å². The van der Waals surface area contributed by atoms with Gasteiger partial charge in [0.05, 0.1) is 6.10 Å². The molecule has 1 rings (SSSR count). The SMILES string of the molecule is C[C@@H](O)[C@@H](NC(=O)OCc1ccccc1)C(=O)NN. The third kappa shape index (κ3) is 4.94. The number of hydrazine groups is 1. The highest BCUT2D eigenvalue weighted by Gasteiger charge is 2.25. The van der Waals surface area contributed by atoms with E-state index < -0.39 is 24.1 Å². The minimum absolute atomic E-state index is 0.0729. The Kier molecular flexibility index (Phi) is 5.77. The summed E-state index contributed by atoms with van der Waals surface area (Å²) >= 11 is 0. The highest BCUT2D eigenvalue weighted by Crippen LogP contribution is 2.01. The molecule has 5 N–H and O–H groups in total. The number of hydrogen-bond acceptors (Lipinski definition) is 5. The Labute approximate surface area is 110 Å². The number of ether oxygens (including phenoxy) is 1. The monoisotopic (exact) mass is 267 g/mol. The molecular weight excluding hydrogens is 250 g/mol. The predicted octanol–water partition coefficient (Wildman–Crippen LogP) is -0.348. The summed E-state index contributed by atoms with van der Waals surface area (Å²) in [5.41, 5.74) is 2.67. The van der Waals surface area contributed by atoms with Crippen molar-refractivity contribution in [1.29, 1.82) is 0 Å². The molecule has 0 saturated heterocycles. The molecule has 1 aromatic rings. The minimum atomic E-state index is -1.16. The zero-order valence-electron chi connectivity index (χ0n) is 10.5. The fourth-order valence-corrected chi connectivity index (χ4v) is 1.39. The van der Waals surface area contributed by atoms with Gasteiger partial charge in [0.15, 0.2) is 0 Å². The van der Waals surface area contributed by atoms with Gasteiger partial charge in [-0.25, -0.2) is 10.6 Å². The van der Waals surface area contributed by atoms with Crippen molar-refractivity contribution in [2.75, 3.05) is 0 Å². The molecule has 0 aromatic heterocycles. The van der Waals surface area contributed by atoms with Gasteiger partial charge in [0, 0.05) is 0 Å². The number of aliphatic hydroxyl groups is 1. The lowest BCUT2D eigenvalue weighted by Gasteiger charge is -2.19. The number of carbonyl (C=O) groups excluding carboxylic acids is 2. The molecule has 104 valence electrons. The number of aliphatic hydroxyl groups excluding tert-OH is 1. The summed E-state index contributed by atoms with van der Waals surface area (Å²) < 4.78 is 4.92. The molecule has 0 spiro atoms. The minimum Gasteiger partial charge on any atom is -0.445 e. The molecule has 0 aliphatic heterocycles. The van der Waals surface area contributed by atoms with E-state index in [2.05, 4.69) is 5.32 Å². The molecule has 0 radical (unpaired) electrons. The number of alkyl carbamates (subject to hydrolysis) is 1. The van der Waals surface area contributed by atoms with Crippen LogP contribution in [-0.2, 0) is 16.1 Å². The third-order valence-electron chi connectivity index (χ3n) is 2.39. The maximum atomic E-state index is 11.5. The Balaban J connectivity index is 2.47. The predicted molar refractivity (Wildman–Crippen MR) is 67.6 cm³/mol. The van der Waals surface area contributed by atoms with Gasteiger partial charge in [0.1, 0.15) is 12.6 Å². The smallest absolute Gasteiger partial charge is 0.408 e. The summed E-state index contributed by atoms with van der Waals surface area (Å²) in [5.74, 6) is 4.25. The molecule has 0 bridgehead atoms. The molecule has 0 unspecified atom stereocenters. The van der Waals surface area contributed by atoms with Crippen molar-refractivity contribution >= 4 is 12.0 Å². The summed E-state index contributed by atoms with van der Waals surface area (Å²) in [6.07, 6.45) is -1.90. The molecule has 0 saturated carbocycles. The van der Waals surface area contributed by atoms with Crippen molar-refractivity contribution in [3.05, 3.63) is 35.9 Å². The van der Waals surface area contributed by atoms with Crippen LogP contribution in [0.1, 0.15) is 12.5 Å². The summed E-state index contributed by atoms with van der Waals surface area (Å²) in [6, 6.07) is 7.92. The van der Waals surface area contributed by atoms with Crippen LogP contribution in [0.4, 0.5) is 4.79 Å². The van der Waals surface area contributed by atoms with E-state index in [1.54, 1.807) is 12.1 Å². The van der Waals surface area contributed by atoms with E-state index in [9.17, 15) is 14.7 Å². The lowest BCUT2D eigenvalue weighted by Crippen LogP contribution is -2.54. The Hall–Kier alpha value is -2.12. The first-order valence-electron chi connectivity index (χ1n) is 5.70. The molecule has 7 nitrogen and oxygen atoms in total. The quantitative estimate of drug-likeness (QED) is 0.331. The first kappa shape index (κ1) is 14.9. The average Bonchev–Trinajstić information content (AvgIpc) is 2.42.